The Morgan fingerprint density at radius 1 is 1.30 bits per heavy atom. The van der Waals surface area contributed by atoms with Crippen molar-refractivity contribution in [3.05, 3.63) is 40.5 Å². The van der Waals surface area contributed by atoms with Gasteiger partial charge in [-0.25, -0.2) is 0 Å². The van der Waals surface area contributed by atoms with Crippen LogP contribution in [0.2, 0.25) is 0 Å². The fraction of sp³-hybridized carbons (Fsp3) is 0.704. The third-order valence-corrected chi connectivity index (χ3v) is 8.32. The Morgan fingerprint density at radius 2 is 2.00 bits per heavy atom. The Morgan fingerprint density at radius 3 is 2.59 bits per heavy atom. The van der Waals surface area contributed by atoms with Crippen LogP contribution >= 0.6 is 0 Å². The average Bonchev–Trinajstić information content (AvgIpc) is 3.00. The summed E-state index contributed by atoms with van der Waals surface area (Å²) in [5.41, 5.74) is 9.81. The summed E-state index contributed by atoms with van der Waals surface area (Å²) in [4.78, 5) is 0. The van der Waals surface area contributed by atoms with Crippen molar-refractivity contribution in [1.82, 2.24) is 0 Å². The lowest BCUT2D eigenvalue weighted by Crippen LogP contribution is -2.40. The molecule has 0 nitrogen and oxygen atoms in total. The number of unbranched alkanes of at least 4 members (excludes halogenated alkanes) is 2. The summed E-state index contributed by atoms with van der Waals surface area (Å²) in [6.07, 6.45) is 9.22. The standard InChI is InChI=1S/C27H42/c1-9-10-11-12-21-15-20(7)25-23(24(21)17(2)3)16-22-19(6)13-14-27(8,18(4)5)26(22)25/h15,18-19,22,26H,2,9-14,16H2,1,3-8H3. The number of fused-ring (bicyclic) bond motifs is 3. The van der Waals surface area contributed by atoms with Crippen LogP contribution in [0.1, 0.15) is 107 Å². The summed E-state index contributed by atoms with van der Waals surface area (Å²) >= 11 is 0. The molecule has 0 aromatic heterocycles. The van der Waals surface area contributed by atoms with Crippen LogP contribution in [-0.4, -0.2) is 0 Å². The van der Waals surface area contributed by atoms with Crippen LogP contribution in [0.3, 0.4) is 0 Å². The molecule has 4 atom stereocenters. The van der Waals surface area contributed by atoms with E-state index < -0.39 is 0 Å². The van der Waals surface area contributed by atoms with Crippen LogP contribution in [0.25, 0.3) is 5.57 Å². The number of rotatable bonds is 6. The van der Waals surface area contributed by atoms with Gasteiger partial charge < -0.3 is 0 Å². The van der Waals surface area contributed by atoms with E-state index >= 15 is 0 Å². The van der Waals surface area contributed by atoms with Crippen LogP contribution in [0.4, 0.5) is 0 Å². The minimum absolute atomic E-state index is 0.434. The molecule has 1 fully saturated rings. The zero-order valence-corrected chi connectivity index (χ0v) is 19.0. The van der Waals surface area contributed by atoms with E-state index in [1.165, 1.54) is 50.5 Å². The second-order valence-corrected chi connectivity index (χ2v) is 10.4. The molecule has 1 saturated carbocycles. The van der Waals surface area contributed by atoms with Gasteiger partial charge in [-0.3, -0.25) is 0 Å². The maximum absolute atomic E-state index is 4.43. The second kappa shape index (κ2) is 7.76. The first-order chi connectivity index (χ1) is 12.7. The van der Waals surface area contributed by atoms with Crippen LogP contribution in [0, 0.1) is 30.1 Å². The van der Waals surface area contributed by atoms with Crippen LogP contribution in [-0.2, 0) is 12.8 Å². The van der Waals surface area contributed by atoms with Gasteiger partial charge in [0.05, 0.1) is 0 Å². The average molecular weight is 367 g/mol. The highest BCUT2D eigenvalue weighted by atomic mass is 14.6. The Bertz CT molecular complexity index is 707. The molecule has 1 aromatic carbocycles. The van der Waals surface area contributed by atoms with Gasteiger partial charge in [-0.2, -0.15) is 0 Å². The molecule has 0 N–H and O–H groups in total. The van der Waals surface area contributed by atoms with Gasteiger partial charge in [-0.05, 0) is 103 Å². The molecule has 1 aromatic rings. The number of hydrogen-bond acceptors (Lipinski definition) is 0. The van der Waals surface area contributed by atoms with Gasteiger partial charge in [0.25, 0.3) is 0 Å². The molecular formula is C27H42. The predicted octanol–water partition coefficient (Wildman–Crippen LogP) is 8.11. The van der Waals surface area contributed by atoms with Crippen molar-refractivity contribution in [1.29, 1.82) is 0 Å². The molecule has 4 unspecified atom stereocenters. The third kappa shape index (κ3) is 3.43. The molecule has 0 amide bonds. The predicted molar refractivity (Wildman–Crippen MR) is 120 cm³/mol. The Balaban J connectivity index is 2.14. The summed E-state index contributed by atoms with van der Waals surface area (Å²) in [6, 6.07) is 2.54. The maximum atomic E-state index is 4.43. The van der Waals surface area contributed by atoms with Gasteiger partial charge in [-0.15, -0.1) is 0 Å². The molecule has 0 bridgehead atoms. The molecule has 3 rings (SSSR count). The van der Waals surface area contributed by atoms with Crippen molar-refractivity contribution in [3.8, 4) is 0 Å². The number of benzene rings is 1. The topological polar surface area (TPSA) is 0 Å². The van der Waals surface area contributed by atoms with Gasteiger partial charge in [0, 0.05) is 0 Å². The van der Waals surface area contributed by atoms with Crippen molar-refractivity contribution in [2.24, 2.45) is 23.2 Å². The molecule has 2 aliphatic carbocycles. The Labute approximate surface area is 168 Å². The third-order valence-electron chi connectivity index (χ3n) is 8.32. The number of allylic oxidation sites excluding steroid dienone is 1. The van der Waals surface area contributed by atoms with Gasteiger partial charge in [-0.1, -0.05) is 65.7 Å². The van der Waals surface area contributed by atoms with Crippen molar-refractivity contribution >= 4 is 5.57 Å². The largest absolute Gasteiger partial charge is 0.0955 e. The summed E-state index contributed by atoms with van der Waals surface area (Å²) in [5, 5.41) is 0. The molecule has 2 aliphatic rings. The molecular weight excluding hydrogens is 324 g/mol. The van der Waals surface area contributed by atoms with E-state index in [2.05, 4.69) is 61.1 Å². The van der Waals surface area contributed by atoms with Crippen molar-refractivity contribution in [2.45, 2.75) is 99.3 Å². The molecule has 0 aliphatic heterocycles. The lowest BCUT2D eigenvalue weighted by Gasteiger charge is -2.49. The zero-order chi connectivity index (χ0) is 19.9. The molecule has 150 valence electrons. The highest BCUT2D eigenvalue weighted by Crippen LogP contribution is 2.61. The van der Waals surface area contributed by atoms with E-state index in [0.29, 0.717) is 5.41 Å². The number of hydrogen-bond donors (Lipinski definition) is 0. The first kappa shape index (κ1) is 20.7. The normalized spacial score (nSPS) is 29.7. The van der Waals surface area contributed by atoms with Crippen LogP contribution < -0.4 is 0 Å². The number of aryl methyl sites for hydroxylation is 2. The molecule has 0 spiro atoms. The van der Waals surface area contributed by atoms with E-state index in [0.717, 1.165) is 23.7 Å². The maximum Gasteiger partial charge on any atom is -0.00659 e. The monoisotopic (exact) mass is 366 g/mol. The van der Waals surface area contributed by atoms with Crippen LogP contribution in [0.5, 0.6) is 0 Å². The fourth-order valence-electron chi connectivity index (χ4n) is 6.39. The summed E-state index contributed by atoms with van der Waals surface area (Å²) in [5.74, 6) is 3.14. The summed E-state index contributed by atoms with van der Waals surface area (Å²) < 4.78 is 0. The minimum Gasteiger partial charge on any atom is -0.0955 e. The molecule has 0 heteroatoms. The van der Waals surface area contributed by atoms with E-state index in [1.807, 2.05) is 0 Å². The summed E-state index contributed by atoms with van der Waals surface area (Å²) in [7, 11) is 0. The quantitative estimate of drug-likeness (QED) is 0.446. The smallest absolute Gasteiger partial charge is 0.00659 e. The zero-order valence-electron chi connectivity index (χ0n) is 19.0. The molecule has 0 saturated heterocycles. The fourth-order valence-corrected chi connectivity index (χ4v) is 6.39. The lowest BCUT2D eigenvalue weighted by molar-refractivity contribution is 0.0430. The van der Waals surface area contributed by atoms with Crippen molar-refractivity contribution in [2.75, 3.05) is 0 Å². The van der Waals surface area contributed by atoms with Crippen molar-refractivity contribution < 1.29 is 0 Å². The first-order valence-electron chi connectivity index (χ1n) is 11.5. The highest BCUT2D eigenvalue weighted by molar-refractivity contribution is 5.71. The minimum atomic E-state index is 0.434. The lowest BCUT2D eigenvalue weighted by atomic mass is 9.55. The SMILES string of the molecule is C=C(C)c1c(CCCCC)cc(C)c2c1CC1C(C)CCC(C)(C(C)C)C21. The molecule has 27 heavy (non-hydrogen) atoms. The van der Waals surface area contributed by atoms with E-state index in [9.17, 15) is 0 Å². The van der Waals surface area contributed by atoms with E-state index in [1.54, 1.807) is 27.8 Å². The van der Waals surface area contributed by atoms with Gasteiger partial charge in [0.1, 0.15) is 0 Å². The first-order valence-corrected chi connectivity index (χ1v) is 11.5. The molecule has 0 heterocycles. The van der Waals surface area contributed by atoms with Gasteiger partial charge in [0.2, 0.25) is 0 Å². The van der Waals surface area contributed by atoms with Crippen LogP contribution in [0.15, 0.2) is 12.6 Å². The van der Waals surface area contributed by atoms with E-state index in [4.69, 9.17) is 0 Å². The highest BCUT2D eigenvalue weighted by Gasteiger charge is 2.52. The second-order valence-electron chi connectivity index (χ2n) is 10.4. The Kier molecular flexibility index (Phi) is 5.95. The molecule has 0 radical (unpaired) electrons. The van der Waals surface area contributed by atoms with Crippen molar-refractivity contribution in [3.63, 3.8) is 0 Å². The Hall–Kier alpha value is -1.04. The van der Waals surface area contributed by atoms with Gasteiger partial charge >= 0.3 is 0 Å². The summed E-state index contributed by atoms with van der Waals surface area (Å²) in [6.45, 7) is 21.4. The van der Waals surface area contributed by atoms with Gasteiger partial charge in [0.15, 0.2) is 0 Å². The van der Waals surface area contributed by atoms with E-state index in [-0.39, 0.29) is 0 Å².